The summed E-state index contributed by atoms with van der Waals surface area (Å²) >= 11 is 0. The number of nitrogens with zero attached hydrogens (tertiary/aromatic N) is 2. The average molecular weight is 497 g/mol. The van der Waals surface area contributed by atoms with Crippen molar-refractivity contribution in [3.63, 3.8) is 0 Å². The first-order chi connectivity index (χ1) is 16.6. The highest BCUT2D eigenvalue weighted by Crippen LogP contribution is 2.34. The fourth-order valence-electron chi connectivity index (χ4n) is 3.79. The summed E-state index contributed by atoms with van der Waals surface area (Å²) in [5, 5.41) is 0.265. The fourth-order valence-corrected chi connectivity index (χ4v) is 5.30. The first-order valence-electron chi connectivity index (χ1n) is 10.7. The molecule has 0 aliphatic heterocycles. The molecule has 0 atom stereocenters. The third-order valence-corrected chi connectivity index (χ3v) is 7.03. The number of fused-ring (bicyclic) bond motifs is 1. The molecule has 35 heavy (non-hydrogen) atoms. The van der Waals surface area contributed by atoms with Gasteiger partial charge in [0, 0.05) is 11.0 Å². The van der Waals surface area contributed by atoms with Crippen LogP contribution in [0.2, 0.25) is 0 Å². The molecule has 0 unspecified atom stereocenters. The lowest BCUT2D eigenvalue weighted by Gasteiger charge is -2.16. The van der Waals surface area contributed by atoms with Crippen LogP contribution in [0.3, 0.4) is 0 Å². The molecule has 2 heterocycles. The zero-order chi connectivity index (χ0) is 25.3. The smallest absolute Gasteiger partial charge is 0.340 e. The van der Waals surface area contributed by atoms with Crippen LogP contribution in [0.5, 0.6) is 0 Å². The number of hydrogen-bond acceptors (Lipinski definition) is 5. The summed E-state index contributed by atoms with van der Waals surface area (Å²) in [5.41, 5.74) is 0.679. The zero-order valence-electron chi connectivity index (χ0n) is 19.2. The lowest BCUT2D eigenvalue weighted by atomic mass is 9.97. The van der Waals surface area contributed by atoms with Gasteiger partial charge in [-0.2, -0.15) is 0 Å². The van der Waals surface area contributed by atoms with Gasteiger partial charge in [-0.15, -0.1) is 0 Å². The third-order valence-electron chi connectivity index (χ3n) is 5.31. The van der Waals surface area contributed by atoms with Crippen molar-refractivity contribution in [1.29, 1.82) is 0 Å². The Balaban J connectivity index is 2.04. The number of hydrogen-bond donors (Lipinski definition) is 0. The first kappa shape index (κ1) is 24.3. The lowest BCUT2D eigenvalue weighted by Crippen LogP contribution is -2.16. The van der Waals surface area contributed by atoms with Gasteiger partial charge in [0.15, 0.2) is 5.65 Å². The summed E-state index contributed by atoms with van der Waals surface area (Å²) < 4.78 is 62.0. The number of methoxy groups -OCH3 is 1. The number of ether oxygens (including phenoxy) is 1. The highest BCUT2D eigenvalue weighted by Gasteiger charge is 2.27. The summed E-state index contributed by atoms with van der Waals surface area (Å²) in [7, 11) is -3.02. The van der Waals surface area contributed by atoms with Crippen molar-refractivity contribution in [1.82, 2.24) is 8.96 Å². The number of carbonyl (C=O) groups excluding carboxylic acids is 1. The van der Waals surface area contributed by atoms with E-state index in [9.17, 15) is 22.0 Å². The van der Waals surface area contributed by atoms with Crippen LogP contribution in [-0.2, 0) is 14.8 Å². The Labute approximate surface area is 201 Å². The molecular weight excluding hydrogens is 474 g/mol. The Kier molecular flexibility index (Phi) is 6.53. The highest BCUT2D eigenvalue weighted by atomic mass is 32.2. The molecule has 0 saturated carbocycles. The van der Waals surface area contributed by atoms with E-state index in [4.69, 9.17) is 0 Å². The Hall–Kier alpha value is -3.85. The van der Waals surface area contributed by atoms with Crippen molar-refractivity contribution >= 4 is 32.6 Å². The van der Waals surface area contributed by atoms with E-state index in [2.05, 4.69) is 9.72 Å². The molecule has 2 aromatic carbocycles. The first-order valence-corrected chi connectivity index (χ1v) is 12.2. The average Bonchev–Trinajstić information content (AvgIpc) is 3.21. The number of allylic oxidation sites excluding steroid dienone is 1. The molecule has 0 radical (unpaired) electrons. The molecule has 0 saturated heterocycles. The Bertz CT molecular complexity index is 1560. The van der Waals surface area contributed by atoms with Crippen LogP contribution in [0.1, 0.15) is 35.5 Å². The van der Waals surface area contributed by atoms with Crippen LogP contribution in [0.15, 0.2) is 77.8 Å². The summed E-state index contributed by atoms with van der Waals surface area (Å²) in [6, 6.07) is 14.4. The molecule has 4 rings (SSSR count). The van der Waals surface area contributed by atoms with Crippen molar-refractivity contribution in [2.75, 3.05) is 7.11 Å². The molecule has 2 aromatic heterocycles. The van der Waals surface area contributed by atoms with Gasteiger partial charge in [0.05, 0.1) is 29.5 Å². The molecule has 0 aliphatic carbocycles. The fraction of sp³-hybridized carbons (Fsp3) is 0.154. The topological polar surface area (TPSA) is 78.3 Å². The molecule has 180 valence electrons. The second kappa shape index (κ2) is 9.42. The van der Waals surface area contributed by atoms with Crippen LogP contribution in [0.4, 0.5) is 8.78 Å². The minimum Gasteiger partial charge on any atom is -0.465 e. The molecule has 4 aromatic rings. The van der Waals surface area contributed by atoms with Gasteiger partial charge >= 0.3 is 5.97 Å². The molecule has 0 bridgehead atoms. The number of carbonyl (C=O) groups is 1. The normalized spacial score (nSPS) is 12.3. The van der Waals surface area contributed by atoms with Crippen LogP contribution >= 0.6 is 0 Å². The SMILES string of the molecule is COC(=O)c1ccc(/C(=C/C(C)C)c2cc3cc(F)cnc3n2S(=O)(=O)c2ccccc2)cc1F. The summed E-state index contributed by atoms with van der Waals surface area (Å²) in [6.45, 7) is 3.77. The molecule has 0 aliphatic rings. The largest absolute Gasteiger partial charge is 0.465 e. The van der Waals surface area contributed by atoms with Crippen molar-refractivity contribution in [3.8, 4) is 0 Å². The summed E-state index contributed by atoms with van der Waals surface area (Å²) in [4.78, 5) is 15.9. The van der Waals surface area contributed by atoms with Gasteiger partial charge in [0.1, 0.15) is 11.6 Å². The van der Waals surface area contributed by atoms with E-state index in [-0.39, 0.29) is 33.1 Å². The zero-order valence-corrected chi connectivity index (χ0v) is 20.0. The Morgan fingerprint density at radius 3 is 2.40 bits per heavy atom. The Morgan fingerprint density at radius 1 is 1.06 bits per heavy atom. The maximum atomic E-state index is 14.8. The monoisotopic (exact) mass is 496 g/mol. The van der Waals surface area contributed by atoms with E-state index in [1.54, 1.807) is 24.3 Å². The van der Waals surface area contributed by atoms with Crippen LogP contribution < -0.4 is 0 Å². The quantitative estimate of drug-likeness (QED) is 0.333. The molecule has 0 spiro atoms. The van der Waals surface area contributed by atoms with Crippen molar-refractivity contribution in [3.05, 3.63) is 101 Å². The lowest BCUT2D eigenvalue weighted by molar-refractivity contribution is 0.0595. The molecular formula is C26H22F2N2O4S. The van der Waals surface area contributed by atoms with Crippen LogP contribution in [0, 0.1) is 17.6 Å². The molecule has 0 N–H and O–H groups in total. The number of pyridine rings is 1. The number of rotatable bonds is 6. The molecule has 6 nitrogen and oxygen atoms in total. The van der Waals surface area contributed by atoms with Crippen LogP contribution in [-0.4, -0.2) is 30.5 Å². The van der Waals surface area contributed by atoms with Gasteiger partial charge < -0.3 is 4.74 Å². The van der Waals surface area contributed by atoms with E-state index in [0.717, 1.165) is 23.3 Å². The predicted octanol–water partition coefficient (Wildman–Crippen LogP) is 5.43. The van der Waals surface area contributed by atoms with Gasteiger partial charge in [-0.1, -0.05) is 44.2 Å². The molecule has 9 heteroatoms. The highest BCUT2D eigenvalue weighted by molar-refractivity contribution is 7.90. The Morgan fingerprint density at radius 2 is 1.77 bits per heavy atom. The predicted molar refractivity (Wildman–Crippen MR) is 128 cm³/mol. The maximum absolute atomic E-state index is 14.8. The van der Waals surface area contributed by atoms with E-state index in [1.165, 1.54) is 36.4 Å². The second-order valence-corrected chi connectivity index (χ2v) is 9.98. The van der Waals surface area contributed by atoms with Gasteiger partial charge in [-0.25, -0.2) is 30.9 Å². The summed E-state index contributed by atoms with van der Waals surface area (Å²) in [6.07, 6.45) is 2.72. The number of halogens is 2. The van der Waals surface area contributed by atoms with Crippen molar-refractivity contribution in [2.24, 2.45) is 5.92 Å². The standard InChI is InChI=1S/C26H22F2N2O4S/c1-16(2)11-22(17-9-10-21(23(28)13-17)26(31)34-3)24-14-18-12-19(27)15-29-25(18)30(24)35(32,33)20-7-5-4-6-8-20/h4-16H,1-3H3/b22-11-. The summed E-state index contributed by atoms with van der Waals surface area (Å²) in [5.74, 6) is -2.34. The maximum Gasteiger partial charge on any atom is 0.340 e. The van der Waals surface area contributed by atoms with E-state index in [0.29, 0.717) is 11.1 Å². The van der Waals surface area contributed by atoms with E-state index in [1.807, 2.05) is 13.8 Å². The minimum atomic E-state index is -4.17. The minimum absolute atomic E-state index is 0.0148. The van der Waals surface area contributed by atoms with Crippen LogP contribution in [0.25, 0.3) is 16.6 Å². The molecule has 0 fully saturated rings. The van der Waals surface area contributed by atoms with Gasteiger partial charge in [-0.05, 0) is 47.9 Å². The van der Waals surface area contributed by atoms with Crippen molar-refractivity contribution in [2.45, 2.75) is 18.7 Å². The van der Waals surface area contributed by atoms with Crippen molar-refractivity contribution < 1.29 is 26.7 Å². The number of benzene rings is 2. The second-order valence-electron chi connectivity index (χ2n) is 8.19. The number of aromatic nitrogens is 2. The van der Waals surface area contributed by atoms with E-state index >= 15 is 0 Å². The van der Waals surface area contributed by atoms with Gasteiger partial charge in [0.2, 0.25) is 0 Å². The van der Waals surface area contributed by atoms with Gasteiger partial charge in [0.25, 0.3) is 10.0 Å². The van der Waals surface area contributed by atoms with E-state index < -0.39 is 27.6 Å². The third kappa shape index (κ3) is 4.59. The molecule has 0 amide bonds. The van der Waals surface area contributed by atoms with Gasteiger partial charge in [-0.3, -0.25) is 0 Å². The number of esters is 1.